The highest BCUT2D eigenvalue weighted by Crippen LogP contribution is 2.27. The summed E-state index contributed by atoms with van der Waals surface area (Å²) >= 11 is 0. The van der Waals surface area contributed by atoms with Gasteiger partial charge in [0.1, 0.15) is 6.10 Å². The molecule has 0 spiro atoms. The van der Waals surface area contributed by atoms with Crippen molar-refractivity contribution in [2.24, 2.45) is 0 Å². The summed E-state index contributed by atoms with van der Waals surface area (Å²) < 4.78 is 5.32. The van der Waals surface area contributed by atoms with Gasteiger partial charge >= 0.3 is 5.97 Å². The van der Waals surface area contributed by atoms with Gasteiger partial charge in [-0.15, -0.1) is 0 Å². The molecule has 2 heteroatoms. The summed E-state index contributed by atoms with van der Waals surface area (Å²) in [5.74, 6) is -0.0114. The Morgan fingerprint density at radius 3 is 2.85 bits per heavy atom. The monoisotopic (exact) mass is 180 g/mol. The van der Waals surface area contributed by atoms with Crippen molar-refractivity contribution >= 4 is 5.97 Å². The van der Waals surface area contributed by atoms with E-state index in [9.17, 15) is 4.79 Å². The molecule has 72 valence electrons. The van der Waals surface area contributed by atoms with Gasteiger partial charge in [-0.05, 0) is 44.1 Å². The molecule has 0 amide bonds. The van der Waals surface area contributed by atoms with Crippen molar-refractivity contribution < 1.29 is 9.53 Å². The molecule has 0 bridgehead atoms. The Bertz CT molecular complexity index is 230. The molecule has 0 aromatic heterocycles. The summed E-state index contributed by atoms with van der Waals surface area (Å²) in [5, 5.41) is 0. The third-order valence-electron chi connectivity index (χ3n) is 2.86. The van der Waals surface area contributed by atoms with Gasteiger partial charge in [0.25, 0.3) is 0 Å². The molecule has 1 aliphatic carbocycles. The number of rotatable bonds is 1. The van der Waals surface area contributed by atoms with E-state index < -0.39 is 0 Å². The van der Waals surface area contributed by atoms with Crippen molar-refractivity contribution in [1.29, 1.82) is 0 Å². The van der Waals surface area contributed by atoms with Crippen LogP contribution in [0.25, 0.3) is 0 Å². The van der Waals surface area contributed by atoms with Crippen LogP contribution in [0.1, 0.15) is 44.9 Å². The molecule has 1 heterocycles. The maximum atomic E-state index is 11.1. The number of hydrogen-bond donors (Lipinski definition) is 0. The van der Waals surface area contributed by atoms with Gasteiger partial charge in [0.2, 0.25) is 0 Å². The van der Waals surface area contributed by atoms with Crippen LogP contribution in [0.5, 0.6) is 0 Å². The number of carbonyl (C=O) groups excluding carboxylic acids is 1. The zero-order valence-corrected chi connectivity index (χ0v) is 7.92. The van der Waals surface area contributed by atoms with Crippen molar-refractivity contribution in [1.82, 2.24) is 0 Å². The van der Waals surface area contributed by atoms with E-state index >= 15 is 0 Å². The van der Waals surface area contributed by atoms with Crippen LogP contribution in [0, 0.1) is 0 Å². The third-order valence-corrected chi connectivity index (χ3v) is 2.86. The summed E-state index contributed by atoms with van der Waals surface area (Å²) in [4.78, 5) is 11.1. The average molecular weight is 180 g/mol. The largest absolute Gasteiger partial charge is 0.458 e. The molecule has 1 fully saturated rings. The van der Waals surface area contributed by atoms with Crippen LogP contribution in [0.15, 0.2) is 11.6 Å². The van der Waals surface area contributed by atoms with Gasteiger partial charge in [-0.2, -0.15) is 0 Å². The average Bonchev–Trinajstić information content (AvgIpc) is 2.19. The molecule has 1 saturated heterocycles. The van der Waals surface area contributed by atoms with Gasteiger partial charge in [-0.25, -0.2) is 0 Å². The molecule has 0 radical (unpaired) electrons. The maximum absolute atomic E-state index is 11.1. The number of hydrogen-bond acceptors (Lipinski definition) is 2. The molecule has 1 unspecified atom stereocenters. The second kappa shape index (κ2) is 3.95. The van der Waals surface area contributed by atoms with Gasteiger partial charge in [0.05, 0.1) is 0 Å². The van der Waals surface area contributed by atoms with Crippen LogP contribution >= 0.6 is 0 Å². The molecule has 2 aliphatic rings. The first-order valence-electron chi connectivity index (χ1n) is 5.24. The van der Waals surface area contributed by atoms with E-state index in [0.717, 1.165) is 19.3 Å². The van der Waals surface area contributed by atoms with E-state index in [1.54, 1.807) is 0 Å². The Morgan fingerprint density at radius 2 is 2.15 bits per heavy atom. The van der Waals surface area contributed by atoms with E-state index in [1.807, 2.05) is 0 Å². The fourth-order valence-electron chi connectivity index (χ4n) is 2.12. The van der Waals surface area contributed by atoms with Gasteiger partial charge < -0.3 is 4.74 Å². The van der Waals surface area contributed by atoms with Crippen LogP contribution in [0.4, 0.5) is 0 Å². The second-order valence-electron chi connectivity index (χ2n) is 3.90. The first-order chi connectivity index (χ1) is 6.36. The zero-order valence-electron chi connectivity index (χ0n) is 7.92. The van der Waals surface area contributed by atoms with Gasteiger partial charge in [0.15, 0.2) is 0 Å². The Balaban J connectivity index is 1.98. The predicted octanol–water partition coefficient (Wildman–Crippen LogP) is 2.58. The van der Waals surface area contributed by atoms with Crippen molar-refractivity contribution in [3.8, 4) is 0 Å². The maximum Gasteiger partial charge on any atom is 0.306 e. The van der Waals surface area contributed by atoms with Crippen LogP contribution in [-0.4, -0.2) is 12.1 Å². The molecular weight excluding hydrogens is 164 g/mol. The van der Waals surface area contributed by atoms with E-state index in [0.29, 0.717) is 6.42 Å². The standard InChI is InChI=1S/C11H16O2/c12-11-8-4-7-10(13-11)9-5-2-1-3-6-9/h5,10H,1-4,6-8H2. The Kier molecular flexibility index (Phi) is 2.67. The Hall–Kier alpha value is -0.790. The van der Waals surface area contributed by atoms with Gasteiger partial charge in [-0.1, -0.05) is 6.08 Å². The van der Waals surface area contributed by atoms with E-state index in [2.05, 4.69) is 6.08 Å². The lowest BCUT2D eigenvalue weighted by atomic mass is 9.92. The molecule has 13 heavy (non-hydrogen) atoms. The first kappa shape index (κ1) is 8.79. The smallest absolute Gasteiger partial charge is 0.306 e. The highest BCUT2D eigenvalue weighted by Gasteiger charge is 2.24. The molecule has 0 saturated carbocycles. The van der Waals surface area contributed by atoms with E-state index in [4.69, 9.17) is 4.74 Å². The SMILES string of the molecule is O=C1CCCC(C2=CCCCC2)O1. The van der Waals surface area contributed by atoms with Crippen molar-refractivity contribution in [3.63, 3.8) is 0 Å². The third kappa shape index (κ3) is 2.11. The summed E-state index contributed by atoms with van der Waals surface area (Å²) in [6.45, 7) is 0. The number of ether oxygens (including phenoxy) is 1. The number of carbonyl (C=O) groups is 1. The van der Waals surface area contributed by atoms with Crippen LogP contribution < -0.4 is 0 Å². The summed E-state index contributed by atoms with van der Waals surface area (Å²) in [7, 11) is 0. The molecule has 0 N–H and O–H groups in total. The zero-order chi connectivity index (χ0) is 9.10. The fraction of sp³-hybridized carbons (Fsp3) is 0.727. The second-order valence-corrected chi connectivity index (χ2v) is 3.90. The normalized spacial score (nSPS) is 29.4. The molecule has 1 atom stereocenters. The molecule has 2 nitrogen and oxygen atoms in total. The molecule has 0 aromatic carbocycles. The lowest BCUT2D eigenvalue weighted by Gasteiger charge is -2.26. The van der Waals surface area contributed by atoms with E-state index in [1.165, 1.54) is 24.8 Å². The summed E-state index contributed by atoms with van der Waals surface area (Å²) in [6.07, 6.45) is 9.92. The van der Waals surface area contributed by atoms with Crippen molar-refractivity contribution in [2.75, 3.05) is 0 Å². The quantitative estimate of drug-likeness (QED) is 0.458. The van der Waals surface area contributed by atoms with Crippen molar-refractivity contribution in [3.05, 3.63) is 11.6 Å². The number of cyclic esters (lactones) is 1. The van der Waals surface area contributed by atoms with Crippen LogP contribution in [-0.2, 0) is 9.53 Å². The minimum atomic E-state index is -0.0114. The topological polar surface area (TPSA) is 26.3 Å². The fourth-order valence-corrected chi connectivity index (χ4v) is 2.12. The van der Waals surface area contributed by atoms with Crippen LogP contribution in [0.2, 0.25) is 0 Å². The molecule has 0 aromatic rings. The Labute approximate surface area is 79.0 Å². The molecule has 2 rings (SSSR count). The number of esters is 1. The lowest BCUT2D eigenvalue weighted by Crippen LogP contribution is -2.25. The molecular formula is C11H16O2. The minimum Gasteiger partial charge on any atom is -0.458 e. The van der Waals surface area contributed by atoms with E-state index in [-0.39, 0.29) is 12.1 Å². The summed E-state index contributed by atoms with van der Waals surface area (Å²) in [6, 6.07) is 0. The number of allylic oxidation sites excluding steroid dienone is 1. The minimum absolute atomic E-state index is 0.0114. The predicted molar refractivity (Wildman–Crippen MR) is 50.3 cm³/mol. The molecule has 1 aliphatic heterocycles. The van der Waals surface area contributed by atoms with Crippen molar-refractivity contribution in [2.45, 2.75) is 51.0 Å². The summed E-state index contributed by atoms with van der Waals surface area (Å²) in [5.41, 5.74) is 1.37. The highest BCUT2D eigenvalue weighted by atomic mass is 16.5. The first-order valence-corrected chi connectivity index (χ1v) is 5.24. The lowest BCUT2D eigenvalue weighted by molar-refractivity contribution is -0.151. The van der Waals surface area contributed by atoms with Crippen LogP contribution in [0.3, 0.4) is 0 Å². The van der Waals surface area contributed by atoms with Gasteiger partial charge in [0, 0.05) is 6.42 Å². The van der Waals surface area contributed by atoms with Gasteiger partial charge in [-0.3, -0.25) is 4.79 Å². The highest BCUT2D eigenvalue weighted by molar-refractivity contribution is 5.70. The Morgan fingerprint density at radius 1 is 1.23 bits per heavy atom.